The summed E-state index contributed by atoms with van der Waals surface area (Å²) in [5, 5.41) is 9.14. The number of ketones is 1. The molecule has 2 aromatic carbocycles. The number of rotatable bonds is 3. The summed E-state index contributed by atoms with van der Waals surface area (Å²) in [6, 6.07) is 14.2. The Kier molecular flexibility index (Phi) is 3.45. The molecule has 0 saturated carbocycles. The van der Waals surface area contributed by atoms with Crippen LogP contribution in [0.3, 0.4) is 0 Å². The summed E-state index contributed by atoms with van der Waals surface area (Å²) in [6.07, 6.45) is 2.65. The number of nitrogens with zero attached hydrogens (tertiary/aromatic N) is 2. The van der Waals surface area contributed by atoms with E-state index in [9.17, 15) is 4.79 Å². The molecule has 2 aromatic rings. The Morgan fingerprint density at radius 1 is 1.19 bits per heavy atom. The predicted octanol–water partition coefficient (Wildman–Crippen LogP) is 3.28. The van der Waals surface area contributed by atoms with Crippen molar-refractivity contribution in [3.05, 3.63) is 59.2 Å². The molecule has 1 heterocycles. The lowest BCUT2D eigenvalue weighted by molar-refractivity contribution is -0.116. The van der Waals surface area contributed by atoms with Crippen LogP contribution >= 0.6 is 0 Å². The van der Waals surface area contributed by atoms with Crippen molar-refractivity contribution in [1.82, 2.24) is 4.90 Å². The first-order valence-electron chi connectivity index (χ1n) is 7.02. The lowest BCUT2D eigenvalue weighted by Crippen LogP contribution is -2.07. The van der Waals surface area contributed by atoms with Crippen LogP contribution in [0.25, 0.3) is 11.1 Å². The quantitative estimate of drug-likeness (QED) is 0.808. The van der Waals surface area contributed by atoms with Crippen molar-refractivity contribution in [2.24, 2.45) is 0 Å². The lowest BCUT2D eigenvalue weighted by atomic mass is 9.90. The van der Waals surface area contributed by atoms with E-state index < -0.39 is 0 Å². The number of carbonyl (C=O) groups excluding carboxylic acids is 1. The first-order valence-corrected chi connectivity index (χ1v) is 7.02. The van der Waals surface area contributed by atoms with Gasteiger partial charge in [0, 0.05) is 6.42 Å². The number of hydrogen-bond donors (Lipinski definition) is 0. The maximum atomic E-state index is 11.6. The molecule has 0 atom stereocenters. The molecule has 0 aliphatic carbocycles. The SMILES string of the molecule is CC(=O)Cc1ccc2c(c1-c1ccccc1)CN(C#N)C2. The van der Waals surface area contributed by atoms with E-state index in [-0.39, 0.29) is 5.78 Å². The van der Waals surface area contributed by atoms with Crippen LogP contribution in [0.1, 0.15) is 23.6 Å². The van der Waals surface area contributed by atoms with E-state index in [1.807, 2.05) is 24.3 Å². The Bertz CT molecular complexity index is 729. The van der Waals surface area contributed by atoms with Gasteiger partial charge in [-0.1, -0.05) is 42.5 Å². The van der Waals surface area contributed by atoms with Crippen LogP contribution in [0, 0.1) is 11.5 Å². The molecule has 0 radical (unpaired) electrons. The minimum atomic E-state index is 0.155. The Morgan fingerprint density at radius 2 is 1.95 bits per heavy atom. The fraction of sp³-hybridized carbons (Fsp3) is 0.222. The zero-order valence-electron chi connectivity index (χ0n) is 12.0. The third kappa shape index (κ3) is 2.53. The molecule has 3 rings (SSSR count). The number of hydrogen-bond acceptors (Lipinski definition) is 3. The van der Waals surface area contributed by atoms with Crippen molar-refractivity contribution < 1.29 is 4.79 Å². The monoisotopic (exact) mass is 276 g/mol. The Morgan fingerprint density at radius 3 is 2.62 bits per heavy atom. The molecule has 21 heavy (non-hydrogen) atoms. The van der Waals surface area contributed by atoms with E-state index in [1.54, 1.807) is 11.8 Å². The van der Waals surface area contributed by atoms with Crippen LogP contribution in [-0.2, 0) is 24.3 Å². The van der Waals surface area contributed by atoms with Crippen molar-refractivity contribution >= 4 is 5.78 Å². The second kappa shape index (κ2) is 5.41. The fourth-order valence-electron chi connectivity index (χ4n) is 2.97. The molecule has 0 N–H and O–H groups in total. The molecule has 3 nitrogen and oxygen atoms in total. The van der Waals surface area contributed by atoms with Gasteiger partial charge in [-0.05, 0) is 34.7 Å². The van der Waals surface area contributed by atoms with Gasteiger partial charge in [-0.15, -0.1) is 0 Å². The average molecular weight is 276 g/mol. The molecule has 0 amide bonds. The van der Waals surface area contributed by atoms with Crippen LogP contribution in [0.15, 0.2) is 42.5 Å². The van der Waals surface area contributed by atoms with Crippen LogP contribution in [-0.4, -0.2) is 10.7 Å². The largest absolute Gasteiger partial charge is 0.302 e. The average Bonchev–Trinajstić information content (AvgIpc) is 2.90. The molecule has 3 heteroatoms. The van der Waals surface area contributed by atoms with Crippen molar-refractivity contribution in [2.75, 3.05) is 0 Å². The van der Waals surface area contributed by atoms with Crippen LogP contribution in [0.4, 0.5) is 0 Å². The van der Waals surface area contributed by atoms with Gasteiger partial charge in [0.1, 0.15) is 5.78 Å². The van der Waals surface area contributed by atoms with Gasteiger partial charge in [-0.2, -0.15) is 5.26 Å². The normalized spacial score (nSPS) is 12.9. The summed E-state index contributed by atoms with van der Waals surface area (Å²) < 4.78 is 0. The smallest absolute Gasteiger partial charge is 0.179 e. The minimum absolute atomic E-state index is 0.155. The van der Waals surface area contributed by atoms with Crippen LogP contribution in [0.5, 0.6) is 0 Å². The summed E-state index contributed by atoms with van der Waals surface area (Å²) in [6.45, 7) is 2.90. The molecule has 1 aliphatic rings. The highest BCUT2D eigenvalue weighted by Crippen LogP contribution is 2.35. The molecule has 104 valence electrons. The second-order valence-electron chi connectivity index (χ2n) is 5.44. The molecular formula is C18H16N2O. The zero-order valence-corrected chi connectivity index (χ0v) is 12.0. The fourth-order valence-corrected chi connectivity index (χ4v) is 2.97. The molecule has 1 aliphatic heterocycles. The predicted molar refractivity (Wildman–Crippen MR) is 81.1 cm³/mol. The van der Waals surface area contributed by atoms with Gasteiger partial charge in [-0.25, -0.2) is 0 Å². The Labute approximate surface area is 124 Å². The highest BCUT2D eigenvalue weighted by Gasteiger charge is 2.23. The highest BCUT2D eigenvalue weighted by molar-refractivity contribution is 5.83. The van der Waals surface area contributed by atoms with Crippen molar-refractivity contribution in [3.8, 4) is 17.3 Å². The van der Waals surface area contributed by atoms with E-state index in [2.05, 4.69) is 24.4 Å². The maximum Gasteiger partial charge on any atom is 0.179 e. The summed E-state index contributed by atoms with van der Waals surface area (Å²) in [7, 11) is 0. The molecule has 0 bridgehead atoms. The zero-order chi connectivity index (χ0) is 14.8. The summed E-state index contributed by atoms with van der Waals surface area (Å²) in [4.78, 5) is 13.3. The van der Waals surface area contributed by atoms with E-state index in [4.69, 9.17) is 5.26 Å². The third-order valence-electron chi connectivity index (χ3n) is 3.85. The van der Waals surface area contributed by atoms with E-state index in [0.29, 0.717) is 19.5 Å². The highest BCUT2D eigenvalue weighted by atomic mass is 16.1. The number of carbonyl (C=O) groups is 1. The number of nitriles is 1. The van der Waals surface area contributed by atoms with Gasteiger partial charge in [0.05, 0.1) is 13.1 Å². The summed E-state index contributed by atoms with van der Waals surface area (Å²) in [5.74, 6) is 0.155. The van der Waals surface area contributed by atoms with Crippen molar-refractivity contribution in [1.29, 1.82) is 5.26 Å². The summed E-state index contributed by atoms with van der Waals surface area (Å²) >= 11 is 0. The lowest BCUT2D eigenvalue weighted by Gasteiger charge is -2.14. The molecule has 0 unspecified atom stereocenters. The first kappa shape index (κ1) is 13.4. The maximum absolute atomic E-state index is 11.6. The van der Waals surface area contributed by atoms with E-state index in [1.165, 1.54) is 11.1 Å². The minimum Gasteiger partial charge on any atom is -0.302 e. The molecule has 0 saturated heterocycles. The molecule has 0 spiro atoms. The Balaban J connectivity index is 2.17. The van der Waals surface area contributed by atoms with Crippen LogP contribution < -0.4 is 0 Å². The van der Waals surface area contributed by atoms with Crippen LogP contribution in [0.2, 0.25) is 0 Å². The van der Waals surface area contributed by atoms with Gasteiger partial charge < -0.3 is 4.90 Å². The van der Waals surface area contributed by atoms with Crippen molar-refractivity contribution in [2.45, 2.75) is 26.4 Å². The second-order valence-corrected chi connectivity index (χ2v) is 5.44. The van der Waals surface area contributed by atoms with E-state index >= 15 is 0 Å². The summed E-state index contributed by atoms with van der Waals surface area (Å²) in [5.41, 5.74) is 5.66. The number of Topliss-reactive ketones (excluding diaryl/α,β-unsaturated/α-hetero) is 1. The van der Waals surface area contributed by atoms with Gasteiger partial charge >= 0.3 is 0 Å². The van der Waals surface area contributed by atoms with Crippen molar-refractivity contribution in [3.63, 3.8) is 0 Å². The van der Waals surface area contributed by atoms with Gasteiger partial charge in [0.15, 0.2) is 6.19 Å². The standard InChI is InChI=1S/C18H16N2O/c1-13(21)9-15-7-8-16-10-20(12-19)11-17(16)18(15)14-5-3-2-4-6-14/h2-8H,9-11H2,1H3. The number of fused-ring (bicyclic) bond motifs is 1. The molecule has 0 aromatic heterocycles. The van der Waals surface area contributed by atoms with Gasteiger partial charge in [0.2, 0.25) is 0 Å². The number of benzene rings is 2. The van der Waals surface area contributed by atoms with Gasteiger partial charge in [0.25, 0.3) is 0 Å². The topological polar surface area (TPSA) is 44.1 Å². The molecule has 0 fully saturated rings. The third-order valence-corrected chi connectivity index (χ3v) is 3.85. The molecular weight excluding hydrogens is 260 g/mol. The van der Waals surface area contributed by atoms with E-state index in [0.717, 1.165) is 16.7 Å². The Hall–Kier alpha value is -2.60. The first-order chi connectivity index (χ1) is 10.2. The van der Waals surface area contributed by atoms with Gasteiger partial charge in [-0.3, -0.25) is 4.79 Å².